The van der Waals surface area contributed by atoms with Gasteiger partial charge in [0.1, 0.15) is 0 Å². The summed E-state index contributed by atoms with van der Waals surface area (Å²) in [5.74, 6) is 0. The SMILES string of the molecule is CCC([C@@H](C)P(C1CCCCC1)C1CCCCC1)P(C(C)(C)C)C(C)(C)C. The van der Waals surface area contributed by atoms with Crippen molar-refractivity contribution in [1.82, 2.24) is 0 Å². The minimum Gasteiger partial charge on any atom is -0.0968 e. The van der Waals surface area contributed by atoms with Crippen molar-refractivity contribution >= 4 is 15.8 Å². The Kier molecular flexibility index (Phi) is 9.16. The fraction of sp³-hybridized carbons (Fsp3) is 1.00. The van der Waals surface area contributed by atoms with E-state index < -0.39 is 0 Å². The van der Waals surface area contributed by atoms with E-state index in [1.165, 1.54) is 44.9 Å². The van der Waals surface area contributed by atoms with Crippen LogP contribution in [0.2, 0.25) is 0 Å². The van der Waals surface area contributed by atoms with Crippen molar-refractivity contribution in [3.05, 3.63) is 0 Å². The van der Waals surface area contributed by atoms with E-state index in [0.29, 0.717) is 10.3 Å². The van der Waals surface area contributed by atoms with Gasteiger partial charge < -0.3 is 0 Å². The lowest BCUT2D eigenvalue weighted by Gasteiger charge is -2.52. The zero-order valence-electron chi connectivity index (χ0n) is 20.0. The molecule has 0 aromatic heterocycles. The molecule has 0 amide bonds. The number of hydrogen-bond donors (Lipinski definition) is 0. The highest BCUT2D eigenvalue weighted by molar-refractivity contribution is 7.65. The third-order valence-corrected chi connectivity index (χ3v) is 15.8. The van der Waals surface area contributed by atoms with Crippen LogP contribution in [0.3, 0.4) is 0 Å². The average Bonchev–Trinajstić information content (AvgIpc) is 2.59. The van der Waals surface area contributed by atoms with Gasteiger partial charge in [0.15, 0.2) is 0 Å². The van der Waals surface area contributed by atoms with E-state index >= 15 is 0 Å². The van der Waals surface area contributed by atoms with Crippen LogP contribution < -0.4 is 0 Å². The van der Waals surface area contributed by atoms with Crippen LogP contribution in [-0.4, -0.2) is 32.9 Å². The smallest absolute Gasteiger partial charge is 0.0137 e. The third kappa shape index (κ3) is 6.42. The Morgan fingerprint density at radius 1 is 0.704 bits per heavy atom. The summed E-state index contributed by atoms with van der Waals surface area (Å²) in [6.45, 7) is 20.5. The van der Waals surface area contributed by atoms with Gasteiger partial charge in [0.2, 0.25) is 0 Å². The lowest BCUT2D eigenvalue weighted by Crippen LogP contribution is -2.38. The molecule has 0 spiro atoms. The van der Waals surface area contributed by atoms with Gasteiger partial charge in [-0.15, -0.1) is 0 Å². The van der Waals surface area contributed by atoms with E-state index in [-0.39, 0.29) is 15.8 Å². The summed E-state index contributed by atoms with van der Waals surface area (Å²) in [6.07, 6.45) is 16.7. The molecule has 0 N–H and O–H groups in total. The molecule has 0 aromatic carbocycles. The molecule has 160 valence electrons. The van der Waals surface area contributed by atoms with E-state index in [9.17, 15) is 0 Å². The Morgan fingerprint density at radius 3 is 1.37 bits per heavy atom. The first kappa shape index (κ1) is 24.1. The Morgan fingerprint density at radius 2 is 1.07 bits per heavy atom. The first-order chi connectivity index (χ1) is 12.6. The fourth-order valence-corrected chi connectivity index (χ4v) is 16.8. The van der Waals surface area contributed by atoms with E-state index in [4.69, 9.17) is 0 Å². The van der Waals surface area contributed by atoms with E-state index in [1.807, 2.05) is 0 Å². The van der Waals surface area contributed by atoms with Crippen molar-refractivity contribution in [3.63, 3.8) is 0 Å². The van der Waals surface area contributed by atoms with Crippen LogP contribution in [0.25, 0.3) is 0 Å². The average molecular weight is 413 g/mol. The molecule has 0 radical (unpaired) electrons. The summed E-state index contributed by atoms with van der Waals surface area (Å²) in [5, 5.41) is 0.922. The molecule has 1 unspecified atom stereocenters. The molecule has 2 fully saturated rings. The molecule has 2 aliphatic carbocycles. The van der Waals surface area contributed by atoms with Crippen molar-refractivity contribution in [2.75, 3.05) is 0 Å². The van der Waals surface area contributed by atoms with Gasteiger partial charge in [0, 0.05) is 0 Å². The van der Waals surface area contributed by atoms with Gasteiger partial charge in [0.25, 0.3) is 0 Å². The van der Waals surface area contributed by atoms with Gasteiger partial charge in [-0.1, -0.05) is 110 Å². The lowest BCUT2D eigenvalue weighted by molar-refractivity contribution is 0.479. The summed E-state index contributed by atoms with van der Waals surface area (Å²) in [6, 6.07) is 0. The van der Waals surface area contributed by atoms with Gasteiger partial charge >= 0.3 is 0 Å². The highest BCUT2D eigenvalue weighted by Crippen LogP contribution is 2.69. The maximum absolute atomic E-state index is 2.73. The molecule has 0 saturated heterocycles. The second kappa shape index (κ2) is 10.3. The Bertz CT molecular complexity index is 387. The molecule has 2 saturated carbocycles. The molecule has 0 nitrogen and oxygen atoms in total. The van der Waals surface area contributed by atoms with Crippen LogP contribution >= 0.6 is 15.8 Å². The molecule has 2 aliphatic rings. The van der Waals surface area contributed by atoms with Gasteiger partial charge in [-0.2, -0.15) is 0 Å². The van der Waals surface area contributed by atoms with Crippen LogP contribution in [-0.2, 0) is 0 Å². The van der Waals surface area contributed by atoms with E-state index in [2.05, 4.69) is 55.4 Å². The number of hydrogen-bond acceptors (Lipinski definition) is 0. The molecule has 0 aliphatic heterocycles. The predicted octanol–water partition coefficient (Wildman–Crippen LogP) is 9.38. The molecule has 0 bridgehead atoms. The quantitative estimate of drug-likeness (QED) is 0.381. The highest BCUT2D eigenvalue weighted by Gasteiger charge is 2.45. The van der Waals surface area contributed by atoms with Gasteiger partial charge in [0.05, 0.1) is 0 Å². The molecular formula is C25H50P2. The first-order valence-corrected chi connectivity index (χ1v) is 15.1. The molecule has 0 aromatic rings. The van der Waals surface area contributed by atoms with Gasteiger partial charge in [-0.05, 0) is 65.1 Å². The van der Waals surface area contributed by atoms with Crippen LogP contribution in [0.4, 0.5) is 0 Å². The zero-order chi connectivity index (χ0) is 20.2. The maximum Gasteiger partial charge on any atom is -0.0137 e. The van der Waals surface area contributed by atoms with Crippen molar-refractivity contribution in [1.29, 1.82) is 0 Å². The van der Waals surface area contributed by atoms with Gasteiger partial charge in [-0.25, -0.2) is 0 Å². The van der Waals surface area contributed by atoms with E-state index in [0.717, 1.165) is 22.6 Å². The van der Waals surface area contributed by atoms with E-state index in [1.54, 1.807) is 25.7 Å². The van der Waals surface area contributed by atoms with Crippen LogP contribution in [0.15, 0.2) is 0 Å². The monoisotopic (exact) mass is 412 g/mol. The topological polar surface area (TPSA) is 0 Å². The molecular weight excluding hydrogens is 362 g/mol. The van der Waals surface area contributed by atoms with Crippen LogP contribution in [0, 0.1) is 0 Å². The first-order valence-electron chi connectivity index (χ1n) is 12.1. The molecule has 0 heterocycles. The maximum atomic E-state index is 2.73. The minimum atomic E-state index is -0.00401. The van der Waals surface area contributed by atoms with Crippen molar-refractivity contribution in [2.24, 2.45) is 0 Å². The third-order valence-electron chi connectivity index (χ3n) is 7.22. The predicted molar refractivity (Wildman–Crippen MR) is 131 cm³/mol. The minimum absolute atomic E-state index is 0.00401. The summed E-state index contributed by atoms with van der Waals surface area (Å²) in [4.78, 5) is 0. The second-order valence-electron chi connectivity index (χ2n) is 11.5. The molecule has 2 atom stereocenters. The standard InChI is InChI=1S/C25H50P2/c1-9-23(27(24(3,4)5)25(6,7)8)20(2)26(21-16-12-10-13-17-21)22-18-14-11-15-19-22/h20-23H,9-19H2,1-8H3/t20-,23?/m1/s1. The van der Waals surface area contributed by atoms with Crippen LogP contribution in [0.5, 0.6) is 0 Å². The zero-order valence-corrected chi connectivity index (χ0v) is 21.8. The van der Waals surface area contributed by atoms with Gasteiger partial charge in [-0.3, -0.25) is 0 Å². The Labute approximate surface area is 174 Å². The van der Waals surface area contributed by atoms with Crippen molar-refractivity contribution in [2.45, 2.75) is 159 Å². The van der Waals surface area contributed by atoms with Crippen molar-refractivity contribution < 1.29 is 0 Å². The summed E-state index contributed by atoms with van der Waals surface area (Å²) in [7, 11) is 0.182. The molecule has 27 heavy (non-hydrogen) atoms. The van der Waals surface area contributed by atoms with Crippen LogP contribution in [0.1, 0.15) is 126 Å². The molecule has 2 rings (SSSR count). The summed E-state index contributed by atoms with van der Waals surface area (Å²) in [5.41, 5.74) is 4.12. The summed E-state index contributed by atoms with van der Waals surface area (Å²) >= 11 is 0. The van der Waals surface area contributed by atoms with Crippen molar-refractivity contribution in [3.8, 4) is 0 Å². The highest BCUT2D eigenvalue weighted by atomic mass is 31.1. The largest absolute Gasteiger partial charge is 0.0968 e. The Balaban J connectivity index is 2.32. The fourth-order valence-electron chi connectivity index (χ4n) is 6.66. The second-order valence-corrected chi connectivity index (χ2v) is 18.7. The normalized spacial score (nSPS) is 23.8. The Hall–Kier alpha value is 0.860. The molecule has 2 heteroatoms. The lowest BCUT2D eigenvalue weighted by atomic mass is 9.99. The number of rotatable bonds is 6. The summed E-state index contributed by atoms with van der Waals surface area (Å²) < 4.78 is 0.